The topological polar surface area (TPSA) is 65.5 Å². The van der Waals surface area contributed by atoms with Gasteiger partial charge in [0.05, 0.1) is 16.9 Å². The minimum Gasteiger partial charge on any atom is -0.508 e. The van der Waals surface area contributed by atoms with Crippen molar-refractivity contribution in [2.24, 2.45) is 0 Å². The van der Waals surface area contributed by atoms with Crippen LogP contribution in [0.4, 0.5) is 18.9 Å². The number of rotatable bonds is 3. The molecule has 1 saturated heterocycles. The fourth-order valence-electron chi connectivity index (χ4n) is 3.74. The Morgan fingerprint density at radius 1 is 0.970 bits per heavy atom. The SMILES string of the molecule is O=Cc1ccc(-c2ccc(C#Cc3ccc(O)cc3)cn2)c(N2CCNCC2)c1C(F)(F)F. The van der Waals surface area contributed by atoms with Crippen LogP contribution in [0.2, 0.25) is 0 Å². The summed E-state index contributed by atoms with van der Waals surface area (Å²) in [5.74, 6) is 6.05. The number of phenols is 1. The molecule has 0 atom stereocenters. The summed E-state index contributed by atoms with van der Waals surface area (Å²) in [5, 5.41) is 12.5. The first-order valence-corrected chi connectivity index (χ1v) is 10.3. The van der Waals surface area contributed by atoms with Crippen LogP contribution in [0.5, 0.6) is 5.75 Å². The van der Waals surface area contributed by atoms with Gasteiger partial charge < -0.3 is 15.3 Å². The van der Waals surface area contributed by atoms with Gasteiger partial charge in [-0.05, 0) is 42.5 Å². The molecule has 2 N–H and O–H groups in total. The molecule has 0 radical (unpaired) electrons. The molecule has 168 valence electrons. The van der Waals surface area contributed by atoms with Gasteiger partial charge in [-0.2, -0.15) is 13.2 Å². The van der Waals surface area contributed by atoms with Crippen LogP contribution in [-0.4, -0.2) is 42.6 Å². The van der Waals surface area contributed by atoms with E-state index in [1.54, 1.807) is 29.2 Å². The molecule has 0 saturated carbocycles. The highest BCUT2D eigenvalue weighted by molar-refractivity contribution is 5.89. The molecule has 1 aromatic heterocycles. The quantitative estimate of drug-likeness (QED) is 0.464. The Kier molecular flexibility index (Phi) is 6.33. The van der Waals surface area contributed by atoms with Crippen molar-refractivity contribution in [3.05, 3.63) is 77.0 Å². The van der Waals surface area contributed by atoms with Gasteiger partial charge in [0.2, 0.25) is 0 Å². The first kappa shape index (κ1) is 22.4. The lowest BCUT2D eigenvalue weighted by molar-refractivity contribution is -0.137. The highest BCUT2D eigenvalue weighted by atomic mass is 19.4. The first-order chi connectivity index (χ1) is 15.9. The van der Waals surface area contributed by atoms with E-state index in [4.69, 9.17) is 0 Å². The summed E-state index contributed by atoms with van der Waals surface area (Å²) < 4.78 is 42.1. The molecule has 2 aromatic carbocycles. The van der Waals surface area contributed by atoms with E-state index in [0.29, 0.717) is 48.6 Å². The van der Waals surface area contributed by atoms with Crippen LogP contribution in [0.25, 0.3) is 11.3 Å². The van der Waals surface area contributed by atoms with E-state index < -0.39 is 17.3 Å². The van der Waals surface area contributed by atoms with Crippen molar-refractivity contribution >= 4 is 12.0 Å². The van der Waals surface area contributed by atoms with Crippen molar-refractivity contribution < 1.29 is 23.1 Å². The molecule has 1 fully saturated rings. The zero-order valence-corrected chi connectivity index (χ0v) is 17.5. The van der Waals surface area contributed by atoms with Crippen LogP contribution in [0, 0.1) is 11.8 Å². The number of nitrogens with zero attached hydrogens (tertiary/aromatic N) is 2. The smallest absolute Gasteiger partial charge is 0.419 e. The highest BCUT2D eigenvalue weighted by Gasteiger charge is 2.39. The Labute approximate surface area is 188 Å². The molecule has 33 heavy (non-hydrogen) atoms. The fourth-order valence-corrected chi connectivity index (χ4v) is 3.74. The predicted molar refractivity (Wildman–Crippen MR) is 119 cm³/mol. The normalized spacial score (nSPS) is 13.8. The molecule has 5 nitrogen and oxygen atoms in total. The molecule has 0 aliphatic carbocycles. The number of carbonyl (C=O) groups excluding carboxylic acids is 1. The number of alkyl halides is 3. The second-order valence-corrected chi connectivity index (χ2v) is 7.51. The minimum atomic E-state index is -4.69. The summed E-state index contributed by atoms with van der Waals surface area (Å²) in [7, 11) is 0. The van der Waals surface area contributed by atoms with Crippen molar-refractivity contribution in [2.75, 3.05) is 31.1 Å². The number of anilines is 1. The van der Waals surface area contributed by atoms with Crippen molar-refractivity contribution in [3.63, 3.8) is 0 Å². The maximum atomic E-state index is 14.0. The summed E-state index contributed by atoms with van der Waals surface area (Å²) in [6.07, 6.45) is -2.94. The van der Waals surface area contributed by atoms with E-state index in [9.17, 15) is 23.1 Å². The average Bonchev–Trinajstić information content (AvgIpc) is 2.83. The van der Waals surface area contributed by atoms with Gasteiger partial charge in [0.15, 0.2) is 6.29 Å². The van der Waals surface area contributed by atoms with E-state index in [-0.39, 0.29) is 17.7 Å². The highest BCUT2D eigenvalue weighted by Crippen LogP contribution is 2.44. The number of benzene rings is 2. The monoisotopic (exact) mass is 451 g/mol. The lowest BCUT2D eigenvalue weighted by Crippen LogP contribution is -2.44. The third-order valence-electron chi connectivity index (χ3n) is 5.31. The van der Waals surface area contributed by atoms with Crippen LogP contribution in [-0.2, 0) is 6.18 Å². The van der Waals surface area contributed by atoms with E-state index in [2.05, 4.69) is 22.1 Å². The second kappa shape index (κ2) is 9.35. The Morgan fingerprint density at radius 2 is 1.64 bits per heavy atom. The van der Waals surface area contributed by atoms with Crippen molar-refractivity contribution in [1.82, 2.24) is 10.3 Å². The van der Waals surface area contributed by atoms with Crippen molar-refractivity contribution in [2.45, 2.75) is 6.18 Å². The number of aromatic nitrogens is 1. The van der Waals surface area contributed by atoms with E-state index >= 15 is 0 Å². The van der Waals surface area contributed by atoms with Crippen molar-refractivity contribution in [1.29, 1.82) is 0 Å². The molecule has 3 aromatic rings. The molecule has 0 spiro atoms. The van der Waals surface area contributed by atoms with Crippen LogP contribution in [0.3, 0.4) is 0 Å². The molecule has 0 amide bonds. The molecular formula is C25H20F3N3O2. The summed E-state index contributed by atoms with van der Waals surface area (Å²) >= 11 is 0. The number of carbonyl (C=O) groups is 1. The largest absolute Gasteiger partial charge is 0.508 e. The average molecular weight is 451 g/mol. The van der Waals surface area contributed by atoms with Crippen LogP contribution in [0.1, 0.15) is 27.0 Å². The van der Waals surface area contributed by atoms with Crippen LogP contribution in [0.15, 0.2) is 54.7 Å². The van der Waals surface area contributed by atoms with Gasteiger partial charge >= 0.3 is 6.18 Å². The molecule has 8 heteroatoms. The maximum Gasteiger partial charge on any atom is 0.419 e. The third kappa shape index (κ3) is 4.99. The number of phenolic OH excluding ortho intramolecular Hbond substituents is 1. The van der Waals surface area contributed by atoms with Gasteiger partial charge in [-0.1, -0.05) is 17.9 Å². The van der Waals surface area contributed by atoms with Gasteiger partial charge in [0.25, 0.3) is 0 Å². The van der Waals surface area contributed by atoms with Crippen LogP contribution < -0.4 is 10.2 Å². The van der Waals surface area contributed by atoms with E-state index in [0.717, 1.165) is 0 Å². The fraction of sp³-hybridized carbons (Fsp3) is 0.200. The molecule has 0 unspecified atom stereocenters. The molecule has 1 aliphatic rings. The summed E-state index contributed by atoms with van der Waals surface area (Å²) in [6, 6.07) is 12.4. The number of nitrogens with one attached hydrogen (secondary N) is 1. The number of aromatic hydroxyl groups is 1. The number of piperazine rings is 1. The van der Waals surface area contributed by atoms with Gasteiger partial charge in [0.1, 0.15) is 5.75 Å². The molecule has 0 bridgehead atoms. The summed E-state index contributed by atoms with van der Waals surface area (Å²) in [4.78, 5) is 17.5. The third-order valence-corrected chi connectivity index (χ3v) is 5.31. The predicted octanol–water partition coefficient (Wildman–Crippen LogP) is 4.09. The second-order valence-electron chi connectivity index (χ2n) is 7.51. The molecule has 1 aliphatic heterocycles. The minimum absolute atomic E-state index is 0.0240. The van der Waals surface area contributed by atoms with Gasteiger partial charge in [-0.25, -0.2) is 0 Å². The Morgan fingerprint density at radius 3 is 2.24 bits per heavy atom. The molecule has 4 rings (SSSR count). The van der Waals surface area contributed by atoms with Crippen molar-refractivity contribution in [3.8, 4) is 28.8 Å². The summed E-state index contributed by atoms with van der Waals surface area (Å²) in [5.41, 5.74) is 0.623. The Hall–Kier alpha value is -3.83. The van der Waals surface area contributed by atoms with Gasteiger partial charge in [-0.3, -0.25) is 9.78 Å². The zero-order valence-electron chi connectivity index (χ0n) is 17.5. The first-order valence-electron chi connectivity index (χ1n) is 10.3. The van der Waals surface area contributed by atoms with E-state index in [1.807, 2.05) is 0 Å². The number of aldehydes is 1. The zero-order chi connectivity index (χ0) is 23.4. The number of halogens is 3. The van der Waals surface area contributed by atoms with Crippen LogP contribution >= 0.6 is 0 Å². The van der Waals surface area contributed by atoms with Gasteiger partial charge in [0, 0.05) is 54.6 Å². The lowest BCUT2D eigenvalue weighted by Gasteiger charge is -2.33. The van der Waals surface area contributed by atoms with Gasteiger partial charge in [-0.15, -0.1) is 0 Å². The summed E-state index contributed by atoms with van der Waals surface area (Å²) in [6.45, 7) is 1.85. The lowest BCUT2D eigenvalue weighted by atomic mass is 9.96. The maximum absolute atomic E-state index is 14.0. The number of pyridine rings is 1. The number of hydrogen-bond acceptors (Lipinski definition) is 5. The Bertz CT molecular complexity index is 1210. The molecule has 2 heterocycles. The Balaban J connectivity index is 1.75. The number of hydrogen-bond donors (Lipinski definition) is 2. The standard InChI is InChI=1S/C25H20F3N3O2/c26-25(27,28)23-19(16-32)6-9-21(24(23)31-13-11-29-12-14-31)22-10-5-18(15-30-22)2-1-17-3-7-20(33)8-4-17/h3-10,15-16,29,33H,11-14H2. The molecular weight excluding hydrogens is 431 g/mol. The van der Waals surface area contributed by atoms with E-state index in [1.165, 1.54) is 30.5 Å².